The Labute approximate surface area is 105 Å². The molecule has 3 nitrogen and oxygen atoms in total. The molecule has 1 aliphatic carbocycles. The number of piperidine rings is 1. The van der Waals surface area contributed by atoms with Gasteiger partial charge in [0.2, 0.25) is 0 Å². The quantitative estimate of drug-likeness (QED) is 0.819. The van der Waals surface area contributed by atoms with Crippen molar-refractivity contribution in [3.05, 3.63) is 0 Å². The van der Waals surface area contributed by atoms with Gasteiger partial charge in [-0.05, 0) is 31.6 Å². The van der Waals surface area contributed by atoms with Crippen LogP contribution in [0.1, 0.15) is 51.9 Å². The zero-order chi connectivity index (χ0) is 12.3. The van der Waals surface area contributed by atoms with E-state index >= 15 is 0 Å². The molecule has 1 saturated carbocycles. The Bertz CT molecular complexity index is 261. The SMILES string of the molecule is CC1CCCN(CC(=O)C2CCCCC2)C1N. The summed E-state index contributed by atoms with van der Waals surface area (Å²) in [5.41, 5.74) is 6.17. The van der Waals surface area contributed by atoms with Crippen LogP contribution in [-0.2, 0) is 4.79 Å². The molecule has 0 aromatic heterocycles. The first-order valence-corrected chi connectivity index (χ1v) is 7.21. The second kappa shape index (κ2) is 5.96. The molecule has 1 aliphatic heterocycles. The molecule has 0 spiro atoms. The van der Waals surface area contributed by atoms with E-state index in [2.05, 4.69) is 11.8 Å². The number of Topliss-reactive ketones (excluding diaryl/α,β-unsaturated/α-hetero) is 1. The smallest absolute Gasteiger partial charge is 0.149 e. The third-order valence-electron chi connectivity index (χ3n) is 4.53. The molecular formula is C14H26N2O. The summed E-state index contributed by atoms with van der Waals surface area (Å²) in [6, 6.07) is 0. The van der Waals surface area contributed by atoms with Crippen molar-refractivity contribution in [2.24, 2.45) is 17.6 Å². The van der Waals surface area contributed by atoms with Gasteiger partial charge in [0.05, 0.1) is 12.7 Å². The van der Waals surface area contributed by atoms with Crippen LogP contribution in [0.2, 0.25) is 0 Å². The Hall–Kier alpha value is -0.410. The van der Waals surface area contributed by atoms with E-state index in [1.165, 1.54) is 32.1 Å². The molecule has 2 N–H and O–H groups in total. The number of nitrogens with zero attached hydrogens (tertiary/aromatic N) is 1. The lowest BCUT2D eigenvalue weighted by molar-refractivity contribution is -0.126. The highest BCUT2D eigenvalue weighted by Crippen LogP contribution is 2.26. The van der Waals surface area contributed by atoms with Gasteiger partial charge in [0.25, 0.3) is 0 Å². The van der Waals surface area contributed by atoms with E-state index in [0.717, 1.165) is 19.4 Å². The fourth-order valence-electron chi connectivity index (χ4n) is 3.23. The zero-order valence-electron chi connectivity index (χ0n) is 11.0. The summed E-state index contributed by atoms with van der Waals surface area (Å²) in [7, 11) is 0. The van der Waals surface area contributed by atoms with Crippen LogP contribution in [0.25, 0.3) is 0 Å². The number of ketones is 1. The fourth-order valence-corrected chi connectivity index (χ4v) is 3.23. The number of likely N-dealkylation sites (tertiary alicyclic amines) is 1. The predicted molar refractivity (Wildman–Crippen MR) is 69.5 cm³/mol. The standard InChI is InChI=1S/C14H26N2O/c1-11-6-5-9-16(14(11)15)10-13(17)12-7-3-2-4-8-12/h11-12,14H,2-10,15H2,1H3. The highest BCUT2D eigenvalue weighted by Gasteiger charge is 2.29. The van der Waals surface area contributed by atoms with Crippen LogP contribution >= 0.6 is 0 Å². The third-order valence-corrected chi connectivity index (χ3v) is 4.53. The van der Waals surface area contributed by atoms with Crippen LogP contribution in [0.5, 0.6) is 0 Å². The molecule has 0 amide bonds. The Morgan fingerprint density at radius 1 is 1.18 bits per heavy atom. The summed E-state index contributed by atoms with van der Waals surface area (Å²) < 4.78 is 0. The molecule has 0 aromatic rings. The van der Waals surface area contributed by atoms with Gasteiger partial charge in [0.1, 0.15) is 5.78 Å². The number of nitrogens with two attached hydrogens (primary N) is 1. The second-order valence-corrected chi connectivity index (χ2v) is 5.88. The van der Waals surface area contributed by atoms with Crippen LogP contribution in [-0.4, -0.2) is 29.9 Å². The Morgan fingerprint density at radius 3 is 2.59 bits per heavy atom. The average molecular weight is 238 g/mol. The van der Waals surface area contributed by atoms with Gasteiger partial charge in [-0.1, -0.05) is 26.2 Å². The minimum Gasteiger partial charge on any atom is -0.315 e. The van der Waals surface area contributed by atoms with E-state index in [9.17, 15) is 4.79 Å². The molecule has 2 aliphatic rings. The topological polar surface area (TPSA) is 46.3 Å². The maximum atomic E-state index is 12.2. The van der Waals surface area contributed by atoms with Crippen molar-refractivity contribution in [2.75, 3.05) is 13.1 Å². The molecule has 2 atom stereocenters. The van der Waals surface area contributed by atoms with Crippen LogP contribution < -0.4 is 5.73 Å². The van der Waals surface area contributed by atoms with E-state index < -0.39 is 0 Å². The zero-order valence-corrected chi connectivity index (χ0v) is 11.0. The Kier molecular flexibility index (Phi) is 4.57. The highest BCUT2D eigenvalue weighted by molar-refractivity contribution is 5.83. The van der Waals surface area contributed by atoms with Gasteiger partial charge in [-0.2, -0.15) is 0 Å². The van der Waals surface area contributed by atoms with Gasteiger partial charge in [-0.3, -0.25) is 9.69 Å². The lowest BCUT2D eigenvalue weighted by Gasteiger charge is -2.37. The summed E-state index contributed by atoms with van der Waals surface area (Å²) in [6.45, 7) is 3.79. The molecule has 0 bridgehead atoms. The minimum absolute atomic E-state index is 0.0938. The third kappa shape index (κ3) is 3.29. The molecule has 17 heavy (non-hydrogen) atoms. The number of hydrogen-bond donors (Lipinski definition) is 1. The van der Waals surface area contributed by atoms with Crippen molar-refractivity contribution in [1.29, 1.82) is 0 Å². The normalized spacial score (nSPS) is 32.6. The van der Waals surface area contributed by atoms with Gasteiger partial charge in [-0.15, -0.1) is 0 Å². The molecule has 2 unspecified atom stereocenters. The summed E-state index contributed by atoms with van der Waals surface area (Å²) in [4.78, 5) is 14.4. The number of rotatable bonds is 3. The molecule has 0 aromatic carbocycles. The second-order valence-electron chi connectivity index (χ2n) is 5.88. The first-order valence-electron chi connectivity index (χ1n) is 7.21. The maximum Gasteiger partial charge on any atom is 0.149 e. The molecule has 2 fully saturated rings. The monoisotopic (exact) mass is 238 g/mol. The minimum atomic E-state index is 0.0938. The van der Waals surface area contributed by atoms with E-state index in [-0.39, 0.29) is 6.17 Å². The maximum absolute atomic E-state index is 12.2. The van der Waals surface area contributed by atoms with Crippen molar-refractivity contribution in [2.45, 2.75) is 58.0 Å². The molecule has 1 heterocycles. The molecule has 98 valence electrons. The first-order chi connectivity index (χ1) is 8.18. The van der Waals surface area contributed by atoms with E-state index in [1.807, 2.05) is 0 Å². The summed E-state index contributed by atoms with van der Waals surface area (Å²) >= 11 is 0. The van der Waals surface area contributed by atoms with E-state index in [4.69, 9.17) is 5.73 Å². The molecule has 1 saturated heterocycles. The predicted octanol–water partition coefficient (Wildman–Crippen LogP) is 2.15. The largest absolute Gasteiger partial charge is 0.315 e. The van der Waals surface area contributed by atoms with Crippen molar-refractivity contribution < 1.29 is 4.79 Å². The van der Waals surface area contributed by atoms with Gasteiger partial charge in [-0.25, -0.2) is 0 Å². The lowest BCUT2D eigenvalue weighted by Crippen LogP contribution is -2.52. The van der Waals surface area contributed by atoms with Crippen LogP contribution in [0.3, 0.4) is 0 Å². The van der Waals surface area contributed by atoms with Crippen molar-refractivity contribution >= 4 is 5.78 Å². The average Bonchev–Trinajstić information content (AvgIpc) is 2.36. The molecular weight excluding hydrogens is 212 g/mol. The number of carbonyl (C=O) groups excluding carboxylic acids is 1. The van der Waals surface area contributed by atoms with Crippen molar-refractivity contribution in [3.8, 4) is 0 Å². The molecule has 3 heteroatoms. The van der Waals surface area contributed by atoms with Crippen LogP contribution in [0, 0.1) is 11.8 Å². The number of carbonyl (C=O) groups is 1. The van der Waals surface area contributed by atoms with Gasteiger partial charge in [0, 0.05) is 12.5 Å². The summed E-state index contributed by atoms with van der Waals surface area (Å²) in [5, 5.41) is 0. The summed E-state index contributed by atoms with van der Waals surface area (Å²) in [5.74, 6) is 1.30. The van der Waals surface area contributed by atoms with E-state index in [0.29, 0.717) is 24.2 Å². The fraction of sp³-hybridized carbons (Fsp3) is 0.929. The van der Waals surface area contributed by atoms with Crippen LogP contribution in [0.15, 0.2) is 0 Å². The lowest BCUT2D eigenvalue weighted by atomic mass is 9.85. The summed E-state index contributed by atoms with van der Waals surface area (Å²) in [6.07, 6.45) is 8.48. The number of hydrogen-bond acceptors (Lipinski definition) is 3. The van der Waals surface area contributed by atoms with Crippen LogP contribution in [0.4, 0.5) is 0 Å². The van der Waals surface area contributed by atoms with Gasteiger partial charge < -0.3 is 5.73 Å². The Morgan fingerprint density at radius 2 is 1.88 bits per heavy atom. The van der Waals surface area contributed by atoms with Gasteiger partial charge >= 0.3 is 0 Å². The Balaban J connectivity index is 1.84. The highest BCUT2D eigenvalue weighted by atomic mass is 16.1. The molecule has 2 rings (SSSR count). The van der Waals surface area contributed by atoms with Crippen molar-refractivity contribution in [1.82, 2.24) is 4.90 Å². The van der Waals surface area contributed by atoms with Crippen molar-refractivity contribution in [3.63, 3.8) is 0 Å². The van der Waals surface area contributed by atoms with E-state index in [1.54, 1.807) is 0 Å². The molecule has 0 radical (unpaired) electrons. The van der Waals surface area contributed by atoms with Gasteiger partial charge in [0.15, 0.2) is 0 Å². The first kappa shape index (κ1) is 13.0.